The Morgan fingerprint density at radius 1 is 1.23 bits per heavy atom. The Bertz CT molecular complexity index is 124. The van der Waals surface area contributed by atoms with Crippen molar-refractivity contribution in [2.24, 2.45) is 0 Å². The third kappa shape index (κ3) is 8.60. The van der Waals surface area contributed by atoms with Gasteiger partial charge in [-0.05, 0) is 34.1 Å². The predicted octanol–water partition coefficient (Wildman–Crippen LogP) is 2.53. The van der Waals surface area contributed by atoms with Gasteiger partial charge in [-0.25, -0.2) is 0 Å². The van der Waals surface area contributed by atoms with Gasteiger partial charge >= 0.3 is 0 Å². The molecule has 0 saturated carbocycles. The summed E-state index contributed by atoms with van der Waals surface area (Å²) in [4.78, 5) is 0. The molecule has 0 amide bonds. The Morgan fingerprint density at radius 2 is 1.85 bits per heavy atom. The SMILES string of the molecule is CC(C)OCCC(C)(C)OCCS. The van der Waals surface area contributed by atoms with Crippen molar-refractivity contribution in [2.75, 3.05) is 19.0 Å². The number of hydrogen-bond acceptors (Lipinski definition) is 3. The molecule has 80 valence electrons. The van der Waals surface area contributed by atoms with Gasteiger partial charge in [-0.2, -0.15) is 12.6 Å². The highest BCUT2D eigenvalue weighted by Crippen LogP contribution is 2.14. The minimum absolute atomic E-state index is 0.0857. The lowest BCUT2D eigenvalue weighted by Gasteiger charge is -2.25. The van der Waals surface area contributed by atoms with Gasteiger partial charge in [-0.3, -0.25) is 0 Å². The summed E-state index contributed by atoms with van der Waals surface area (Å²) in [6.45, 7) is 9.72. The number of rotatable bonds is 7. The molecule has 0 unspecified atom stereocenters. The van der Waals surface area contributed by atoms with Gasteiger partial charge in [0.25, 0.3) is 0 Å². The lowest BCUT2D eigenvalue weighted by molar-refractivity contribution is -0.0406. The molecule has 0 atom stereocenters. The van der Waals surface area contributed by atoms with Gasteiger partial charge < -0.3 is 9.47 Å². The number of thiol groups is 1. The van der Waals surface area contributed by atoms with Crippen molar-refractivity contribution in [3.05, 3.63) is 0 Å². The molecule has 0 heterocycles. The molecule has 2 nitrogen and oxygen atoms in total. The van der Waals surface area contributed by atoms with Gasteiger partial charge in [0.05, 0.1) is 18.3 Å². The predicted molar refractivity (Wildman–Crippen MR) is 59.6 cm³/mol. The molecule has 0 aromatic heterocycles. The molecule has 0 saturated heterocycles. The van der Waals surface area contributed by atoms with Gasteiger partial charge in [0.15, 0.2) is 0 Å². The molecule has 3 heteroatoms. The van der Waals surface area contributed by atoms with E-state index in [2.05, 4.69) is 26.5 Å². The normalized spacial score (nSPS) is 12.5. The zero-order chi connectivity index (χ0) is 10.3. The Balaban J connectivity index is 3.50. The molecule has 0 spiro atoms. The monoisotopic (exact) mass is 206 g/mol. The first kappa shape index (κ1) is 13.3. The molecule has 0 aliphatic heterocycles. The van der Waals surface area contributed by atoms with E-state index in [1.807, 2.05) is 13.8 Å². The highest BCUT2D eigenvalue weighted by molar-refractivity contribution is 7.80. The second-order valence-electron chi connectivity index (χ2n) is 4.00. The average molecular weight is 206 g/mol. The van der Waals surface area contributed by atoms with Crippen LogP contribution in [-0.4, -0.2) is 30.7 Å². The fourth-order valence-corrected chi connectivity index (χ4v) is 1.03. The molecule has 0 rings (SSSR count). The molecule has 0 N–H and O–H groups in total. The number of ether oxygens (including phenoxy) is 2. The molecule has 0 radical (unpaired) electrons. The van der Waals surface area contributed by atoms with Crippen LogP contribution in [0.1, 0.15) is 34.1 Å². The van der Waals surface area contributed by atoms with Crippen LogP contribution >= 0.6 is 12.6 Å². The van der Waals surface area contributed by atoms with Gasteiger partial charge in [0, 0.05) is 12.4 Å². The maximum Gasteiger partial charge on any atom is 0.0648 e. The summed E-state index contributed by atoms with van der Waals surface area (Å²) < 4.78 is 11.1. The van der Waals surface area contributed by atoms with Crippen molar-refractivity contribution in [2.45, 2.75) is 45.8 Å². The van der Waals surface area contributed by atoms with E-state index in [4.69, 9.17) is 9.47 Å². The van der Waals surface area contributed by atoms with Crippen molar-refractivity contribution in [3.63, 3.8) is 0 Å². The fraction of sp³-hybridized carbons (Fsp3) is 1.00. The minimum Gasteiger partial charge on any atom is -0.379 e. The van der Waals surface area contributed by atoms with E-state index in [9.17, 15) is 0 Å². The lowest BCUT2D eigenvalue weighted by atomic mass is 10.1. The van der Waals surface area contributed by atoms with Crippen molar-refractivity contribution in [1.82, 2.24) is 0 Å². The molecule has 13 heavy (non-hydrogen) atoms. The highest BCUT2D eigenvalue weighted by Gasteiger charge is 2.17. The van der Waals surface area contributed by atoms with Crippen molar-refractivity contribution in [3.8, 4) is 0 Å². The third-order valence-corrected chi connectivity index (χ3v) is 1.92. The quantitative estimate of drug-likeness (QED) is 0.645. The Labute approximate surface area is 87.4 Å². The average Bonchev–Trinajstić information content (AvgIpc) is 2.00. The van der Waals surface area contributed by atoms with Gasteiger partial charge in [-0.1, -0.05) is 0 Å². The first-order chi connectivity index (χ1) is 5.98. The molecule has 0 fully saturated rings. The minimum atomic E-state index is -0.0857. The first-order valence-electron chi connectivity index (χ1n) is 4.84. The first-order valence-corrected chi connectivity index (χ1v) is 5.47. The number of hydrogen-bond donors (Lipinski definition) is 1. The van der Waals surface area contributed by atoms with E-state index in [0.717, 1.165) is 18.8 Å². The summed E-state index contributed by atoms with van der Waals surface area (Å²) in [5.41, 5.74) is -0.0857. The zero-order valence-electron chi connectivity index (χ0n) is 9.17. The van der Waals surface area contributed by atoms with Crippen molar-refractivity contribution in [1.29, 1.82) is 0 Å². The lowest BCUT2D eigenvalue weighted by Crippen LogP contribution is -2.27. The van der Waals surface area contributed by atoms with Gasteiger partial charge in [0.2, 0.25) is 0 Å². The summed E-state index contributed by atoms with van der Waals surface area (Å²) in [7, 11) is 0. The van der Waals surface area contributed by atoms with Crippen LogP contribution in [0.5, 0.6) is 0 Å². The van der Waals surface area contributed by atoms with Crippen LogP contribution in [0.15, 0.2) is 0 Å². The van der Waals surface area contributed by atoms with Gasteiger partial charge in [-0.15, -0.1) is 0 Å². The van der Waals surface area contributed by atoms with Crippen LogP contribution in [0.25, 0.3) is 0 Å². The highest BCUT2D eigenvalue weighted by atomic mass is 32.1. The maximum absolute atomic E-state index is 5.60. The van der Waals surface area contributed by atoms with Crippen LogP contribution in [0.4, 0.5) is 0 Å². The van der Waals surface area contributed by atoms with Crippen LogP contribution < -0.4 is 0 Å². The maximum atomic E-state index is 5.60. The summed E-state index contributed by atoms with van der Waals surface area (Å²) >= 11 is 4.10. The largest absolute Gasteiger partial charge is 0.379 e. The van der Waals surface area contributed by atoms with E-state index >= 15 is 0 Å². The van der Waals surface area contributed by atoms with Crippen LogP contribution in [0.3, 0.4) is 0 Å². The van der Waals surface area contributed by atoms with Crippen LogP contribution in [-0.2, 0) is 9.47 Å². The van der Waals surface area contributed by atoms with Gasteiger partial charge in [0.1, 0.15) is 0 Å². The van der Waals surface area contributed by atoms with Crippen LogP contribution in [0, 0.1) is 0 Å². The smallest absolute Gasteiger partial charge is 0.0648 e. The van der Waals surface area contributed by atoms with E-state index < -0.39 is 0 Å². The fourth-order valence-electron chi connectivity index (χ4n) is 0.935. The summed E-state index contributed by atoms with van der Waals surface area (Å²) in [6, 6.07) is 0. The van der Waals surface area contributed by atoms with Crippen LogP contribution in [0.2, 0.25) is 0 Å². The molecule has 0 aromatic carbocycles. The van der Waals surface area contributed by atoms with E-state index in [1.54, 1.807) is 0 Å². The van der Waals surface area contributed by atoms with E-state index in [-0.39, 0.29) is 5.60 Å². The third-order valence-electron chi connectivity index (χ3n) is 1.74. The van der Waals surface area contributed by atoms with E-state index in [0.29, 0.717) is 12.7 Å². The van der Waals surface area contributed by atoms with Crippen molar-refractivity contribution >= 4 is 12.6 Å². The Morgan fingerprint density at radius 3 is 2.31 bits per heavy atom. The topological polar surface area (TPSA) is 18.5 Å². The molecule has 0 bridgehead atoms. The molecular formula is C10H22O2S. The van der Waals surface area contributed by atoms with Crippen molar-refractivity contribution < 1.29 is 9.47 Å². The summed E-state index contributed by atoms with van der Waals surface area (Å²) in [5, 5.41) is 0. The van der Waals surface area contributed by atoms with E-state index in [1.165, 1.54) is 0 Å². The molecule has 0 aliphatic rings. The zero-order valence-corrected chi connectivity index (χ0v) is 10.1. The molecular weight excluding hydrogens is 184 g/mol. The second-order valence-corrected chi connectivity index (χ2v) is 4.45. The summed E-state index contributed by atoms with van der Waals surface area (Å²) in [6.07, 6.45) is 1.24. The Kier molecular flexibility index (Phi) is 6.82. The molecule has 0 aromatic rings. The second kappa shape index (κ2) is 6.68. The standard InChI is InChI=1S/C10H22O2S/c1-9(2)11-6-5-10(3,4)12-7-8-13/h9,13H,5-8H2,1-4H3. The summed E-state index contributed by atoms with van der Waals surface area (Å²) in [5.74, 6) is 0.772. The Hall–Kier alpha value is 0.270. The molecule has 0 aliphatic carbocycles.